The number of hydrogen-bond acceptors (Lipinski definition) is 4. The van der Waals surface area contributed by atoms with Crippen LogP contribution >= 0.6 is 23.2 Å². The molecule has 6 nitrogen and oxygen atoms in total. The Morgan fingerprint density at radius 3 is 2.50 bits per heavy atom. The number of hydrogen-bond donors (Lipinski definition) is 1. The number of pyridine rings is 1. The summed E-state index contributed by atoms with van der Waals surface area (Å²) in [6.07, 6.45) is 3.85. The Kier molecular flexibility index (Phi) is 6.44. The van der Waals surface area contributed by atoms with Crippen molar-refractivity contribution in [3.63, 3.8) is 0 Å². The monoisotopic (exact) mass is 416 g/mol. The molecule has 0 unspecified atom stereocenters. The fourth-order valence-corrected chi connectivity index (χ4v) is 3.21. The zero-order valence-electron chi connectivity index (χ0n) is 15.2. The van der Waals surface area contributed by atoms with Gasteiger partial charge in [-0.15, -0.1) is 0 Å². The molecule has 0 aliphatic heterocycles. The van der Waals surface area contributed by atoms with Crippen LogP contribution in [0, 0.1) is 0 Å². The Morgan fingerprint density at radius 1 is 1.11 bits per heavy atom. The molecule has 144 valence electrons. The van der Waals surface area contributed by atoms with Crippen LogP contribution in [-0.4, -0.2) is 39.4 Å². The minimum absolute atomic E-state index is 0.0162. The Morgan fingerprint density at radius 2 is 1.86 bits per heavy atom. The number of aromatic nitrogens is 3. The van der Waals surface area contributed by atoms with Gasteiger partial charge in [0, 0.05) is 54.6 Å². The van der Waals surface area contributed by atoms with Gasteiger partial charge in [0.15, 0.2) is 0 Å². The quantitative estimate of drug-likeness (QED) is 0.667. The van der Waals surface area contributed by atoms with Gasteiger partial charge in [0.2, 0.25) is 0 Å². The molecule has 28 heavy (non-hydrogen) atoms. The summed E-state index contributed by atoms with van der Waals surface area (Å²) >= 11 is 12.3. The van der Waals surface area contributed by atoms with Gasteiger partial charge in [0.05, 0.1) is 0 Å². The minimum Gasteiger partial charge on any atom is -0.341 e. The van der Waals surface area contributed by atoms with E-state index in [4.69, 9.17) is 23.2 Å². The first-order valence-electron chi connectivity index (χ1n) is 8.62. The summed E-state index contributed by atoms with van der Waals surface area (Å²) in [5, 5.41) is 0.981. The number of benzene rings is 1. The number of H-pyrrole nitrogens is 1. The van der Waals surface area contributed by atoms with Crippen molar-refractivity contribution in [2.75, 3.05) is 13.6 Å². The van der Waals surface area contributed by atoms with Gasteiger partial charge in [-0.05, 0) is 29.8 Å². The largest absolute Gasteiger partial charge is 0.341 e. The van der Waals surface area contributed by atoms with E-state index in [2.05, 4.69) is 15.0 Å². The highest BCUT2D eigenvalue weighted by molar-refractivity contribution is 6.36. The molecule has 0 bridgehead atoms. The molecule has 3 aromatic rings. The van der Waals surface area contributed by atoms with Gasteiger partial charge in [-0.2, -0.15) is 0 Å². The van der Waals surface area contributed by atoms with Crippen LogP contribution in [0.5, 0.6) is 0 Å². The summed E-state index contributed by atoms with van der Waals surface area (Å²) in [6.45, 7) is 0.437. The van der Waals surface area contributed by atoms with E-state index in [0.29, 0.717) is 34.4 Å². The summed E-state index contributed by atoms with van der Waals surface area (Å²) in [4.78, 5) is 37.5. The van der Waals surface area contributed by atoms with E-state index in [9.17, 15) is 9.59 Å². The van der Waals surface area contributed by atoms with Crippen molar-refractivity contribution in [1.29, 1.82) is 0 Å². The van der Waals surface area contributed by atoms with Crippen molar-refractivity contribution in [2.24, 2.45) is 0 Å². The lowest BCUT2D eigenvalue weighted by Crippen LogP contribution is -2.33. The van der Waals surface area contributed by atoms with Crippen LogP contribution in [0.1, 0.15) is 27.4 Å². The average molecular weight is 417 g/mol. The Hall–Kier alpha value is -2.70. The lowest BCUT2D eigenvalue weighted by Gasteiger charge is -2.16. The third kappa shape index (κ3) is 4.77. The second kappa shape index (κ2) is 8.99. The predicted octanol–water partition coefficient (Wildman–Crippen LogP) is 3.38. The standard InChI is InChI=1S/C20H18Cl2N4O2/c1-26(10-8-13-5-2-3-9-23-13)20(28)15-12-24-18(25-19(15)27)11-14-16(21)6-4-7-17(14)22/h2-7,9,12H,8,10-11H2,1H3,(H,24,25,27). The number of amides is 1. The third-order valence-corrected chi connectivity index (χ3v) is 4.97. The second-order valence-corrected chi connectivity index (χ2v) is 7.06. The maximum atomic E-state index is 12.6. The first kappa shape index (κ1) is 20.0. The molecule has 8 heteroatoms. The minimum atomic E-state index is -0.497. The van der Waals surface area contributed by atoms with Crippen LogP contribution in [-0.2, 0) is 12.8 Å². The van der Waals surface area contributed by atoms with E-state index < -0.39 is 11.5 Å². The summed E-state index contributed by atoms with van der Waals surface area (Å²) < 4.78 is 0. The molecule has 2 heterocycles. The number of likely N-dealkylation sites (N-methyl/N-ethyl adjacent to an activating group) is 1. The van der Waals surface area contributed by atoms with Crippen molar-refractivity contribution >= 4 is 29.1 Å². The predicted molar refractivity (Wildman–Crippen MR) is 109 cm³/mol. The summed E-state index contributed by atoms with van der Waals surface area (Å²) in [5.74, 6) is -0.0142. The van der Waals surface area contributed by atoms with Crippen LogP contribution in [0.25, 0.3) is 0 Å². The first-order chi connectivity index (χ1) is 13.5. The van der Waals surface area contributed by atoms with Crippen molar-refractivity contribution in [1.82, 2.24) is 19.9 Å². The molecule has 0 spiro atoms. The molecule has 1 N–H and O–H groups in total. The Bertz CT molecular complexity index is 1020. The Balaban J connectivity index is 1.71. The highest BCUT2D eigenvalue weighted by atomic mass is 35.5. The number of nitrogens with zero attached hydrogens (tertiary/aromatic N) is 3. The van der Waals surface area contributed by atoms with Gasteiger partial charge in [-0.3, -0.25) is 14.6 Å². The lowest BCUT2D eigenvalue weighted by molar-refractivity contribution is 0.0794. The third-order valence-electron chi connectivity index (χ3n) is 4.26. The number of nitrogens with one attached hydrogen (secondary N) is 1. The number of carbonyl (C=O) groups excluding carboxylic acids is 1. The molecule has 0 aliphatic carbocycles. The summed E-state index contributed by atoms with van der Waals surface area (Å²) in [5.41, 5.74) is 1.03. The molecule has 1 aromatic carbocycles. The van der Waals surface area contributed by atoms with E-state index in [1.165, 1.54) is 11.1 Å². The molecular weight excluding hydrogens is 399 g/mol. The summed E-state index contributed by atoms with van der Waals surface area (Å²) in [6, 6.07) is 10.8. The van der Waals surface area contributed by atoms with Crippen molar-refractivity contribution in [3.8, 4) is 0 Å². The highest BCUT2D eigenvalue weighted by Crippen LogP contribution is 2.25. The molecule has 1 amide bonds. The van der Waals surface area contributed by atoms with Gasteiger partial charge in [-0.1, -0.05) is 35.3 Å². The number of rotatable bonds is 6. The number of carbonyl (C=O) groups is 1. The van der Waals surface area contributed by atoms with E-state index in [0.717, 1.165) is 5.69 Å². The fourth-order valence-electron chi connectivity index (χ4n) is 2.68. The summed E-state index contributed by atoms with van der Waals surface area (Å²) in [7, 11) is 1.64. The topological polar surface area (TPSA) is 79.0 Å². The van der Waals surface area contributed by atoms with Crippen LogP contribution in [0.2, 0.25) is 10.0 Å². The van der Waals surface area contributed by atoms with Crippen LogP contribution < -0.4 is 5.56 Å². The van der Waals surface area contributed by atoms with Crippen LogP contribution in [0.4, 0.5) is 0 Å². The molecule has 0 aliphatic rings. The van der Waals surface area contributed by atoms with Gasteiger partial charge >= 0.3 is 0 Å². The molecular formula is C20H18Cl2N4O2. The SMILES string of the molecule is CN(CCc1ccccn1)C(=O)c1cnc(Cc2c(Cl)cccc2Cl)[nH]c1=O. The van der Waals surface area contributed by atoms with Crippen molar-refractivity contribution in [3.05, 3.63) is 91.8 Å². The zero-order valence-corrected chi connectivity index (χ0v) is 16.7. The van der Waals surface area contributed by atoms with E-state index in [1.54, 1.807) is 31.4 Å². The molecule has 0 fully saturated rings. The van der Waals surface area contributed by atoms with Crippen LogP contribution in [0.3, 0.4) is 0 Å². The molecule has 0 atom stereocenters. The fraction of sp³-hybridized carbons (Fsp3) is 0.200. The van der Waals surface area contributed by atoms with E-state index in [1.807, 2.05) is 18.2 Å². The Labute approximate surface area is 172 Å². The number of aromatic amines is 1. The van der Waals surface area contributed by atoms with Gasteiger partial charge in [0.1, 0.15) is 11.4 Å². The van der Waals surface area contributed by atoms with Gasteiger partial charge in [0.25, 0.3) is 11.5 Å². The molecule has 0 saturated carbocycles. The normalized spacial score (nSPS) is 10.7. The smallest absolute Gasteiger partial charge is 0.263 e. The zero-order chi connectivity index (χ0) is 20.1. The second-order valence-electron chi connectivity index (χ2n) is 6.25. The van der Waals surface area contributed by atoms with Crippen molar-refractivity contribution in [2.45, 2.75) is 12.8 Å². The van der Waals surface area contributed by atoms with E-state index >= 15 is 0 Å². The maximum absolute atomic E-state index is 12.6. The first-order valence-corrected chi connectivity index (χ1v) is 9.37. The lowest BCUT2D eigenvalue weighted by atomic mass is 10.1. The van der Waals surface area contributed by atoms with Crippen molar-refractivity contribution < 1.29 is 4.79 Å². The number of halogens is 2. The molecule has 3 rings (SSSR count). The average Bonchev–Trinajstić information content (AvgIpc) is 2.69. The van der Waals surface area contributed by atoms with Crippen LogP contribution in [0.15, 0.2) is 53.6 Å². The maximum Gasteiger partial charge on any atom is 0.263 e. The molecule has 0 saturated heterocycles. The van der Waals surface area contributed by atoms with E-state index in [-0.39, 0.29) is 12.0 Å². The molecule has 0 radical (unpaired) electrons. The molecule has 2 aromatic heterocycles. The highest BCUT2D eigenvalue weighted by Gasteiger charge is 2.17. The van der Waals surface area contributed by atoms with Gasteiger partial charge in [-0.25, -0.2) is 4.98 Å². The van der Waals surface area contributed by atoms with Gasteiger partial charge < -0.3 is 9.88 Å².